The maximum atomic E-state index is 13.4. The van der Waals surface area contributed by atoms with Crippen LogP contribution in [-0.2, 0) is 19.1 Å². The van der Waals surface area contributed by atoms with Crippen molar-refractivity contribution in [2.75, 3.05) is 0 Å². The number of hydrogen-bond acceptors (Lipinski definition) is 7. The maximum Gasteiger partial charge on any atom is 0.309 e. The lowest BCUT2D eigenvalue weighted by atomic mass is 9.50. The fourth-order valence-corrected chi connectivity index (χ4v) is 4.69. The number of fused-ring (bicyclic) bond motifs is 2. The number of esters is 2. The Labute approximate surface area is 164 Å². The first kappa shape index (κ1) is 20.6. The summed E-state index contributed by atoms with van der Waals surface area (Å²) in [5.74, 6) is -2.25. The zero-order chi connectivity index (χ0) is 21.0. The number of hydrogen-bond donors (Lipinski definition) is 1. The molecule has 7 nitrogen and oxygen atoms in total. The van der Waals surface area contributed by atoms with Crippen LogP contribution in [0.2, 0.25) is 0 Å². The number of ketones is 1. The van der Waals surface area contributed by atoms with Crippen molar-refractivity contribution in [2.24, 2.45) is 17.3 Å². The molecule has 3 rings (SSSR count). The Morgan fingerprint density at radius 1 is 1.29 bits per heavy atom. The number of carbonyl (C=O) groups excluding carboxylic acids is 3. The van der Waals surface area contributed by atoms with E-state index in [2.05, 4.69) is 0 Å². The average Bonchev–Trinajstić information content (AvgIpc) is 2.99. The monoisotopic (exact) mass is 392 g/mol. The normalized spacial score (nSPS) is 34.6. The summed E-state index contributed by atoms with van der Waals surface area (Å²) < 4.78 is 16.7. The number of carbonyl (C=O) groups is 3. The molecule has 1 aromatic heterocycles. The first-order chi connectivity index (χ1) is 13.0. The van der Waals surface area contributed by atoms with Gasteiger partial charge in [-0.05, 0) is 31.2 Å². The molecule has 0 bridgehead atoms. The molecule has 0 spiro atoms. The summed E-state index contributed by atoms with van der Waals surface area (Å²) in [5, 5.41) is 11.8. The summed E-state index contributed by atoms with van der Waals surface area (Å²) in [6.45, 7) is 10.1. The highest BCUT2D eigenvalue weighted by Crippen LogP contribution is 2.61. The molecule has 1 aromatic rings. The van der Waals surface area contributed by atoms with E-state index in [1.807, 2.05) is 6.92 Å². The Bertz CT molecular complexity index is 823. The van der Waals surface area contributed by atoms with Crippen LogP contribution in [-0.4, -0.2) is 34.5 Å². The number of rotatable bonds is 3. The SMILES string of the molecule is CC(=O)O[C@H]1CC[C@H](C)[C@@]2(C)[C@H](OC(=O)C(C)C)c3c(C)coc3C(=O)[C@@]12O. The molecule has 5 atom stereocenters. The van der Waals surface area contributed by atoms with Gasteiger partial charge >= 0.3 is 11.9 Å². The zero-order valence-corrected chi connectivity index (χ0v) is 17.2. The molecule has 7 heteroatoms. The second-order valence-corrected chi connectivity index (χ2v) is 8.59. The number of Topliss-reactive ketones (excluding diaryl/α,β-unsaturated/α-hetero) is 1. The third kappa shape index (κ3) is 2.63. The van der Waals surface area contributed by atoms with Crippen LogP contribution in [0.5, 0.6) is 0 Å². The Morgan fingerprint density at radius 2 is 1.93 bits per heavy atom. The van der Waals surface area contributed by atoms with Crippen molar-refractivity contribution in [3.05, 3.63) is 23.2 Å². The number of aliphatic hydroxyl groups is 1. The van der Waals surface area contributed by atoms with Gasteiger partial charge < -0.3 is 19.0 Å². The van der Waals surface area contributed by atoms with E-state index >= 15 is 0 Å². The highest BCUT2D eigenvalue weighted by Gasteiger charge is 2.71. The first-order valence-electron chi connectivity index (χ1n) is 9.69. The van der Waals surface area contributed by atoms with Gasteiger partial charge in [0.15, 0.2) is 11.4 Å². The van der Waals surface area contributed by atoms with E-state index in [0.29, 0.717) is 24.0 Å². The van der Waals surface area contributed by atoms with Crippen LogP contribution < -0.4 is 0 Å². The summed E-state index contributed by atoms with van der Waals surface area (Å²) in [4.78, 5) is 37.6. The van der Waals surface area contributed by atoms with Gasteiger partial charge in [0.2, 0.25) is 5.78 Å². The zero-order valence-electron chi connectivity index (χ0n) is 17.2. The highest BCUT2D eigenvalue weighted by atomic mass is 16.6. The van der Waals surface area contributed by atoms with E-state index in [1.54, 1.807) is 27.7 Å². The van der Waals surface area contributed by atoms with Crippen LogP contribution in [0.15, 0.2) is 10.7 Å². The maximum absolute atomic E-state index is 13.4. The predicted molar refractivity (Wildman–Crippen MR) is 98.5 cm³/mol. The molecule has 0 saturated heterocycles. The van der Waals surface area contributed by atoms with Crippen molar-refractivity contribution >= 4 is 17.7 Å². The van der Waals surface area contributed by atoms with Gasteiger partial charge in [0.25, 0.3) is 0 Å². The van der Waals surface area contributed by atoms with E-state index < -0.39 is 40.9 Å². The van der Waals surface area contributed by atoms with E-state index in [0.717, 1.165) is 0 Å². The van der Waals surface area contributed by atoms with Crippen molar-refractivity contribution in [3.8, 4) is 0 Å². The molecule has 1 saturated carbocycles. The summed E-state index contributed by atoms with van der Waals surface area (Å²) in [6.07, 6.45) is 0.420. The molecular weight excluding hydrogens is 364 g/mol. The molecule has 2 aliphatic rings. The molecule has 0 unspecified atom stereocenters. The molecular formula is C21H28O7. The molecule has 1 fully saturated rings. The van der Waals surface area contributed by atoms with Crippen LogP contribution >= 0.6 is 0 Å². The number of ether oxygens (including phenoxy) is 2. The lowest BCUT2D eigenvalue weighted by molar-refractivity contribution is -0.231. The summed E-state index contributed by atoms with van der Waals surface area (Å²) in [6, 6.07) is 0. The van der Waals surface area contributed by atoms with Crippen LogP contribution in [0.3, 0.4) is 0 Å². The molecule has 0 amide bonds. The largest absolute Gasteiger partial charge is 0.460 e. The second kappa shape index (κ2) is 6.72. The lowest BCUT2D eigenvalue weighted by Gasteiger charge is -2.58. The van der Waals surface area contributed by atoms with E-state index in [9.17, 15) is 19.5 Å². The third-order valence-corrected chi connectivity index (χ3v) is 6.57. The molecule has 1 heterocycles. The van der Waals surface area contributed by atoms with Crippen LogP contribution in [0.1, 0.15) is 75.2 Å². The van der Waals surface area contributed by atoms with Gasteiger partial charge in [0, 0.05) is 12.5 Å². The average molecular weight is 392 g/mol. The van der Waals surface area contributed by atoms with Gasteiger partial charge in [-0.3, -0.25) is 14.4 Å². The predicted octanol–water partition coefficient (Wildman–Crippen LogP) is 3.12. The van der Waals surface area contributed by atoms with Crippen LogP contribution in [0.4, 0.5) is 0 Å². The summed E-state index contributed by atoms with van der Waals surface area (Å²) >= 11 is 0. The Kier molecular flexibility index (Phi) is 4.94. The minimum absolute atomic E-state index is 0.0368. The fourth-order valence-electron chi connectivity index (χ4n) is 4.69. The smallest absolute Gasteiger partial charge is 0.309 e. The van der Waals surface area contributed by atoms with Gasteiger partial charge in [0.05, 0.1) is 17.6 Å². The summed E-state index contributed by atoms with van der Waals surface area (Å²) in [7, 11) is 0. The minimum Gasteiger partial charge on any atom is -0.460 e. The van der Waals surface area contributed by atoms with E-state index in [1.165, 1.54) is 13.2 Å². The van der Waals surface area contributed by atoms with Crippen molar-refractivity contribution in [2.45, 2.75) is 72.2 Å². The topological polar surface area (TPSA) is 103 Å². The van der Waals surface area contributed by atoms with Crippen molar-refractivity contribution < 1.29 is 33.4 Å². The number of furan rings is 1. The molecule has 1 N–H and O–H groups in total. The van der Waals surface area contributed by atoms with Gasteiger partial charge in [-0.2, -0.15) is 0 Å². The van der Waals surface area contributed by atoms with Gasteiger partial charge in [0.1, 0.15) is 12.2 Å². The highest BCUT2D eigenvalue weighted by molar-refractivity contribution is 6.04. The van der Waals surface area contributed by atoms with Gasteiger partial charge in [-0.1, -0.05) is 27.7 Å². The second-order valence-electron chi connectivity index (χ2n) is 8.59. The molecule has 0 radical (unpaired) electrons. The van der Waals surface area contributed by atoms with Crippen LogP contribution in [0.25, 0.3) is 0 Å². The quantitative estimate of drug-likeness (QED) is 0.788. The molecule has 0 aliphatic heterocycles. The third-order valence-electron chi connectivity index (χ3n) is 6.57. The standard InChI is InChI=1S/C21H28O7/c1-10(2)19(24)28-18-15-11(3)9-26-16(15)17(23)21(25)14(27-13(5)22)8-7-12(4)20(18,21)6/h9-10,12,14,18,25H,7-8H2,1-6H3/t12-,14-,18+,20-,21-/m0/s1. The van der Waals surface area contributed by atoms with Crippen LogP contribution in [0, 0.1) is 24.2 Å². The summed E-state index contributed by atoms with van der Waals surface area (Å²) in [5.41, 5.74) is -2.08. The van der Waals surface area contributed by atoms with E-state index in [4.69, 9.17) is 13.9 Å². The Balaban J connectivity index is 2.24. The van der Waals surface area contributed by atoms with Crippen molar-refractivity contribution in [1.29, 1.82) is 0 Å². The number of aryl methyl sites for hydroxylation is 1. The molecule has 154 valence electrons. The van der Waals surface area contributed by atoms with Gasteiger partial charge in [-0.25, -0.2) is 0 Å². The minimum atomic E-state index is -2.06. The molecule has 2 aliphatic carbocycles. The molecule has 0 aromatic carbocycles. The Hall–Kier alpha value is -2.15. The van der Waals surface area contributed by atoms with E-state index in [-0.39, 0.29) is 17.6 Å². The molecule has 28 heavy (non-hydrogen) atoms. The van der Waals surface area contributed by atoms with Crippen molar-refractivity contribution in [3.63, 3.8) is 0 Å². The van der Waals surface area contributed by atoms with Gasteiger partial charge in [-0.15, -0.1) is 0 Å². The first-order valence-corrected chi connectivity index (χ1v) is 9.69. The Morgan fingerprint density at radius 3 is 2.50 bits per heavy atom. The van der Waals surface area contributed by atoms with Crippen molar-refractivity contribution in [1.82, 2.24) is 0 Å². The lowest BCUT2D eigenvalue weighted by Crippen LogP contribution is -2.70. The fraction of sp³-hybridized carbons (Fsp3) is 0.667.